The Morgan fingerprint density at radius 2 is 1.69 bits per heavy atom. The number of carbonyl (C=O) groups excluding carboxylic acids is 1. The molecule has 7 heteroatoms. The summed E-state index contributed by atoms with van der Waals surface area (Å²) in [6.07, 6.45) is 3.70. The number of para-hydroxylation sites is 1. The molecule has 0 atom stereocenters. The van der Waals surface area contributed by atoms with Crippen LogP contribution in [0.3, 0.4) is 0 Å². The summed E-state index contributed by atoms with van der Waals surface area (Å²) in [4.78, 5) is 12.8. The van der Waals surface area contributed by atoms with Gasteiger partial charge in [-0.3, -0.25) is 4.57 Å². The Morgan fingerprint density at radius 1 is 1.00 bits per heavy atom. The average molecular weight is 389 g/mol. The quantitative estimate of drug-likeness (QED) is 0.718. The van der Waals surface area contributed by atoms with Gasteiger partial charge in [0.2, 0.25) is 0 Å². The van der Waals surface area contributed by atoms with Gasteiger partial charge in [-0.2, -0.15) is 0 Å². The van der Waals surface area contributed by atoms with Crippen molar-refractivity contribution in [1.29, 1.82) is 0 Å². The van der Waals surface area contributed by atoms with Crippen LogP contribution in [0.5, 0.6) is 0 Å². The zero-order valence-electron chi connectivity index (χ0n) is 13.9. The third kappa shape index (κ3) is 2.79. The number of sulfonamides is 1. The molecule has 26 heavy (non-hydrogen) atoms. The molecule has 4 rings (SSSR count). The number of aromatic nitrogens is 1. The van der Waals surface area contributed by atoms with Crippen molar-refractivity contribution in [2.75, 3.05) is 0 Å². The van der Waals surface area contributed by atoms with E-state index in [1.165, 1.54) is 16.7 Å². The van der Waals surface area contributed by atoms with E-state index in [-0.39, 0.29) is 9.92 Å². The Kier molecular flexibility index (Phi) is 4.25. The van der Waals surface area contributed by atoms with Gasteiger partial charge >= 0.3 is 6.03 Å². The van der Waals surface area contributed by atoms with Crippen LogP contribution in [0.2, 0.25) is 5.02 Å². The molecule has 1 aliphatic carbocycles. The first-order valence-corrected chi connectivity index (χ1v) is 10.3. The number of nitrogens with one attached hydrogen (secondary N) is 1. The monoisotopic (exact) mass is 388 g/mol. The van der Waals surface area contributed by atoms with E-state index in [4.69, 9.17) is 11.6 Å². The SMILES string of the molecule is O=C(NS(=O)(=O)c1ccccc1Cl)n1c2c(c3ccccc31)CCCC2. The Hall–Kier alpha value is -2.31. The number of halogens is 1. The van der Waals surface area contributed by atoms with Crippen LogP contribution >= 0.6 is 11.6 Å². The lowest BCUT2D eigenvalue weighted by Crippen LogP contribution is -2.35. The fourth-order valence-electron chi connectivity index (χ4n) is 3.61. The summed E-state index contributed by atoms with van der Waals surface area (Å²) < 4.78 is 28.9. The zero-order valence-corrected chi connectivity index (χ0v) is 15.5. The smallest absolute Gasteiger partial charge is 0.265 e. The minimum absolute atomic E-state index is 0.0761. The summed E-state index contributed by atoms with van der Waals surface area (Å²) in [6.45, 7) is 0. The topological polar surface area (TPSA) is 68.2 Å². The molecule has 0 unspecified atom stereocenters. The van der Waals surface area contributed by atoms with Crippen LogP contribution in [0.25, 0.3) is 10.9 Å². The summed E-state index contributed by atoms with van der Waals surface area (Å²) in [5.74, 6) is 0. The Labute approximate surface area is 156 Å². The van der Waals surface area contributed by atoms with Crippen LogP contribution < -0.4 is 4.72 Å². The molecule has 0 fully saturated rings. The molecule has 1 amide bonds. The predicted molar refractivity (Wildman–Crippen MR) is 101 cm³/mol. The van der Waals surface area contributed by atoms with Crippen LogP contribution in [0.1, 0.15) is 24.1 Å². The van der Waals surface area contributed by atoms with Crippen LogP contribution in [-0.4, -0.2) is 19.0 Å². The lowest BCUT2D eigenvalue weighted by atomic mass is 9.96. The maximum absolute atomic E-state index is 12.9. The molecule has 1 aromatic heterocycles. The van der Waals surface area contributed by atoms with Crippen molar-refractivity contribution < 1.29 is 13.2 Å². The first kappa shape index (κ1) is 17.1. The molecule has 3 aromatic rings. The fraction of sp³-hybridized carbons (Fsp3) is 0.211. The van der Waals surface area contributed by atoms with Gasteiger partial charge in [0.25, 0.3) is 10.0 Å². The second-order valence-corrected chi connectivity index (χ2v) is 8.38. The second kappa shape index (κ2) is 6.45. The largest absolute Gasteiger partial charge is 0.340 e. The summed E-state index contributed by atoms with van der Waals surface area (Å²) >= 11 is 5.99. The first-order valence-electron chi connectivity index (χ1n) is 8.42. The minimum atomic E-state index is -4.06. The van der Waals surface area contributed by atoms with Crippen molar-refractivity contribution in [2.45, 2.75) is 30.6 Å². The molecular weight excluding hydrogens is 372 g/mol. The number of amides is 1. The highest BCUT2D eigenvalue weighted by atomic mass is 35.5. The zero-order chi connectivity index (χ0) is 18.3. The van der Waals surface area contributed by atoms with Gasteiger partial charge in [0.1, 0.15) is 4.90 Å². The number of hydrogen-bond donors (Lipinski definition) is 1. The molecule has 0 spiro atoms. The van der Waals surface area contributed by atoms with Crippen LogP contribution in [0.4, 0.5) is 4.79 Å². The van der Waals surface area contributed by atoms with Crippen molar-refractivity contribution in [2.24, 2.45) is 0 Å². The molecule has 134 valence electrons. The van der Waals surface area contributed by atoms with E-state index < -0.39 is 16.1 Å². The molecule has 1 N–H and O–H groups in total. The number of carbonyl (C=O) groups is 1. The van der Waals surface area contributed by atoms with Gasteiger partial charge < -0.3 is 0 Å². The fourth-order valence-corrected chi connectivity index (χ4v) is 5.06. The van der Waals surface area contributed by atoms with Gasteiger partial charge in [-0.1, -0.05) is 41.9 Å². The van der Waals surface area contributed by atoms with E-state index >= 15 is 0 Å². The average Bonchev–Trinajstić information content (AvgIpc) is 2.96. The molecule has 5 nitrogen and oxygen atoms in total. The molecule has 0 bridgehead atoms. The highest BCUT2D eigenvalue weighted by Gasteiger charge is 2.27. The van der Waals surface area contributed by atoms with Crippen LogP contribution in [0.15, 0.2) is 53.4 Å². The number of rotatable bonds is 2. The van der Waals surface area contributed by atoms with Crippen molar-refractivity contribution >= 4 is 38.6 Å². The Bertz CT molecular complexity index is 1120. The van der Waals surface area contributed by atoms with Gasteiger partial charge in [-0.05, 0) is 49.4 Å². The minimum Gasteiger partial charge on any atom is -0.265 e. The van der Waals surface area contributed by atoms with E-state index in [1.54, 1.807) is 12.1 Å². The van der Waals surface area contributed by atoms with Gasteiger partial charge in [0.05, 0.1) is 10.5 Å². The van der Waals surface area contributed by atoms with Gasteiger partial charge in [0.15, 0.2) is 0 Å². The van der Waals surface area contributed by atoms with Crippen LogP contribution in [0, 0.1) is 0 Å². The second-order valence-electron chi connectivity index (χ2n) is 6.33. The number of hydrogen-bond acceptors (Lipinski definition) is 3. The van der Waals surface area contributed by atoms with Gasteiger partial charge in [0, 0.05) is 11.1 Å². The molecule has 0 radical (unpaired) electrons. The number of aryl methyl sites for hydroxylation is 1. The molecule has 0 saturated carbocycles. The molecular formula is C19H17ClN2O3S. The highest BCUT2D eigenvalue weighted by Crippen LogP contribution is 2.32. The third-order valence-electron chi connectivity index (χ3n) is 4.73. The highest BCUT2D eigenvalue weighted by molar-refractivity contribution is 7.90. The van der Waals surface area contributed by atoms with Gasteiger partial charge in [-0.25, -0.2) is 17.9 Å². The number of benzene rings is 2. The lowest BCUT2D eigenvalue weighted by Gasteiger charge is -2.16. The maximum Gasteiger partial charge on any atom is 0.340 e. The summed E-state index contributed by atoms with van der Waals surface area (Å²) in [5, 5.41) is 1.08. The van der Waals surface area contributed by atoms with Crippen molar-refractivity contribution in [3.05, 3.63) is 64.8 Å². The van der Waals surface area contributed by atoms with E-state index in [0.29, 0.717) is 0 Å². The lowest BCUT2D eigenvalue weighted by molar-refractivity contribution is 0.247. The standard InChI is InChI=1S/C19H17ClN2O3S/c20-15-9-3-6-12-18(15)26(24,25)21-19(23)22-16-10-4-1-7-13(16)14-8-2-5-11-17(14)22/h1,3-4,6-7,9-10,12H,2,5,8,11H2,(H,21,23). The Balaban J connectivity index is 1.79. The molecule has 0 saturated heterocycles. The molecule has 0 aliphatic heterocycles. The summed E-state index contributed by atoms with van der Waals surface area (Å²) in [6, 6.07) is 13.0. The van der Waals surface area contributed by atoms with E-state index in [9.17, 15) is 13.2 Å². The van der Waals surface area contributed by atoms with Crippen molar-refractivity contribution in [1.82, 2.24) is 9.29 Å². The van der Waals surface area contributed by atoms with Gasteiger partial charge in [-0.15, -0.1) is 0 Å². The summed E-state index contributed by atoms with van der Waals surface area (Å²) in [5.41, 5.74) is 2.76. The molecule has 1 aliphatic rings. The normalized spacial score (nSPS) is 14.2. The number of nitrogens with zero attached hydrogens (tertiary/aromatic N) is 1. The number of fused-ring (bicyclic) bond motifs is 3. The van der Waals surface area contributed by atoms with Crippen molar-refractivity contribution in [3.63, 3.8) is 0 Å². The Morgan fingerprint density at radius 3 is 2.50 bits per heavy atom. The van der Waals surface area contributed by atoms with E-state index in [0.717, 1.165) is 47.8 Å². The molecule has 1 heterocycles. The van der Waals surface area contributed by atoms with Crippen molar-refractivity contribution in [3.8, 4) is 0 Å². The predicted octanol–water partition coefficient (Wildman–Crippen LogP) is 4.12. The first-order chi connectivity index (χ1) is 12.5. The van der Waals surface area contributed by atoms with E-state index in [2.05, 4.69) is 4.72 Å². The van der Waals surface area contributed by atoms with E-state index in [1.807, 2.05) is 24.3 Å². The maximum atomic E-state index is 12.9. The van der Waals surface area contributed by atoms with Crippen LogP contribution in [-0.2, 0) is 22.9 Å². The third-order valence-corrected chi connectivity index (χ3v) is 6.55. The summed E-state index contributed by atoms with van der Waals surface area (Å²) in [7, 11) is -4.06. The molecule has 2 aromatic carbocycles.